The van der Waals surface area contributed by atoms with Crippen LogP contribution in [0.4, 0.5) is 29.3 Å². The molecule has 1 aromatic heterocycles. The van der Waals surface area contributed by atoms with Crippen molar-refractivity contribution in [1.29, 1.82) is 0 Å². The van der Waals surface area contributed by atoms with E-state index in [2.05, 4.69) is 15.6 Å². The molecular weight excluding hydrogens is 393 g/mol. The number of rotatable bonds is 3. The summed E-state index contributed by atoms with van der Waals surface area (Å²) in [6, 6.07) is 12.8. The highest BCUT2D eigenvalue weighted by Crippen LogP contribution is 2.48. The SMILES string of the molecule is O=C(Nc1cccc2cnccc12)NC1C2CN(c3ccccc3C(F)(F)F)CC21. The number of carbonyl (C=O) groups is 1. The third kappa shape index (κ3) is 3.32. The summed E-state index contributed by atoms with van der Waals surface area (Å²) in [6.45, 7) is 1.01. The van der Waals surface area contributed by atoms with Crippen molar-refractivity contribution >= 4 is 28.2 Å². The molecule has 5 rings (SSSR count). The van der Waals surface area contributed by atoms with Gasteiger partial charge in [-0.15, -0.1) is 0 Å². The molecule has 2 aromatic carbocycles. The van der Waals surface area contributed by atoms with Gasteiger partial charge in [0, 0.05) is 59.8 Å². The first-order valence-electron chi connectivity index (χ1n) is 9.73. The minimum atomic E-state index is -4.38. The van der Waals surface area contributed by atoms with Crippen LogP contribution in [0.5, 0.6) is 0 Å². The molecular formula is C22H19F3N4O. The van der Waals surface area contributed by atoms with E-state index >= 15 is 0 Å². The van der Waals surface area contributed by atoms with Gasteiger partial charge in [-0.25, -0.2) is 4.79 Å². The van der Waals surface area contributed by atoms with Crippen molar-refractivity contribution < 1.29 is 18.0 Å². The summed E-state index contributed by atoms with van der Waals surface area (Å²) in [4.78, 5) is 18.3. The molecule has 1 saturated heterocycles. The molecule has 154 valence electrons. The monoisotopic (exact) mass is 412 g/mol. The smallest absolute Gasteiger partial charge is 0.370 e. The van der Waals surface area contributed by atoms with Gasteiger partial charge >= 0.3 is 12.2 Å². The quantitative estimate of drug-likeness (QED) is 0.666. The van der Waals surface area contributed by atoms with E-state index in [9.17, 15) is 18.0 Å². The van der Waals surface area contributed by atoms with Crippen molar-refractivity contribution in [2.24, 2.45) is 11.8 Å². The molecule has 5 nitrogen and oxygen atoms in total. The van der Waals surface area contributed by atoms with E-state index in [-0.39, 0.29) is 29.6 Å². The Labute approximate surface area is 170 Å². The van der Waals surface area contributed by atoms with E-state index < -0.39 is 11.7 Å². The molecule has 1 aliphatic heterocycles. The number of para-hydroxylation sites is 1. The molecule has 1 saturated carbocycles. The zero-order valence-corrected chi connectivity index (χ0v) is 15.9. The van der Waals surface area contributed by atoms with Gasteiger partial charge in [0.25, 0.3) is 0 Å². The van der Waals surface area contributed by atoms with Crippen molar-refractivity contribution in [3.8, 4) is 0 Å². The van der Waals surface area contributed by atoms with Crippen molar-refractivity contribution in [3.63, 3.8) is 0 Å². The van der Waals surface area contributed by atoms with Crippen molar-refractivity contribution in [3.05, 3.63) is 66.5 Å². The second-order valence-corrected chi connectivity index (χ2v) is 7.77. The minimum absolute atomic E-state index is 0.0176. The topological polar surface area (TPSA) is 57.3 Å². The van der Waals surface area contributed by atoms with Crippen LogP contribution in [0.2, 0.25) is 0 Å². The Bertz CT molecular complexity index is 1100. The highest BCUT2D eigenvalue weighted by atomic mass is 19.4. The number of hydrogen-bond acceptors (Lipinski definition) is 3. The normalized spacial score (nSPS) is 22.6. The molecule has 2 fully saturated rings. The van der Waals surface area contributed by atoms with Crippen LogP contribution in [0.25, 0.3) is 10.8 Å². The zero-order valence-electron chi connectivity index (χ0n) is 15.9. The van der Waals surface area contributed by atoms with E-state index in [1.807, 2.05) is 24.3 Å². The average Bonchev–Trinajstić information content (AvgIpc) is 3.16. The third-order valence-electron chi connectivity index (χ3n) is 5.97. The minimum Gasteiger partial charge on any atom is -0.370 e. The summed E-state index contributed by atoms with van der Waals surface area (Å²) in [5, 5.41) is 7.67. The number of anilines is 2. The summed E-state index contributed by atoms with van der Waals surface area (Å²) >= 11 is 0. The van der Waals surface area contributed by atoms with E-state index in [1.165, 1.54) is 12.1 Å². The molecule has 2 unspecified atom stereocenters. The number of alkyl halides is 3. The second-order valence-electron chi connectivity index (χ2n) is 7.77. The Hall–Kier alpha value is -3.29. The van der Waals surface area contributed by atoms with Crippen molar-refractivity contribution in [2.45, 2.75) is 12.2 Å². The van der Waals surface area contributed by atoms with Gasteiger partial charge in [-0.05, 0) is 24.3 Å². The predicted molar refractivity (Wildman–Crippen MR) is 108 cm³/mol. The Morgan fingerprint density at radius 1 is 1.03 bits per heavy atom. The van der Waals surface area contributed by atoms with E-state index in [0.717, 1.165) is 16.8 Å². The molecule has 2 heterocycles. The van der Waals surface area contributed by atoms with E-state index in [4.69, 9.17) is 0 Å². The number of benzene rings is 2. The lowest BCUT2D eigenvalue weighted by Gasteiger charge is -2.25. The van der Waals surface area contributed by atoms with Gasteiger partial charge in [0.15, 0.2) is 0 Å². The van der Waals surface area contributed by atoms with Gasteiger partial charge in [-0.1, -0.05) is 24.3 Å². The number of urea groups is 1. The maximum absolute atomic E-state index is 13.3. The molecule has 0 radical (unpaired) electrons. The number of nitrogens with one attached hydrogen (secondary N) is 2. The summed E-state index contributed by atoms with van der Waals surface area (Å²) in [7, 11) is 0. The molecule has 3 aromatic rings. The second kappa shape index (κ2) is 6.90. The lowest BCUT2D eigenvalue weighted by atomic mass is 10.1. The molecule has 2 aliphatic rings. The molecule has 0 spiro atoms. The number of piperidine rings is 1. The Kier molecular flexibility index (Phi) is 4.30. The number of carbonyl (C=O) groups excluding carboxylic acids is 1. The first-order chi connectivity index (χ1) is 14.4. The molecule has 30 heavy (non-hydrogen) atoms. The number of fused-ring (bicyclic) bond motifs is 2. The third-order valence-corrected chi connectivity index (χ3v) is 5.97. The highest BCUT2D eigenvalue weighted by molar-refractivity contribution is 6.01. The number of nitrogens with zero attached hydrogens (tertiary/aromatic N) is 2. The van der Waals surface area contributed by atoms with Gasteiger partial charge in [0.05, 0.1) is 11.3 Å². The number of amides is 2. The molecule has 0 bridgehead atoms. The lowest BCUT2D eigenvalue weighted by Crippen LogP contribution is -2.37. The molecule has 2 N–H and O–H groups in total. The van der Waals surface area contributed by atoms with Crippen LogP contribution >= 0.6 is 0 Å². The Morgan fingerprint density at radius 2 is 1.80 bits per heavy atom. The van der Waals surface area contributed by atoms with Crippen LogP contribution in [0.15, 0.2) is 60.9 Å². The Morgan fingerprint density at radius 3 is 2.57 bits per heavy atom. The first-order valence-corrected chi connectivity index (χ1v) is 9.73. The molecule has 8 heteroatoms. The van der Waals surface area contributed by atoms with Crippen molar-refractivity contribution in [2.75, 3.05) is 23.3 Å². The predicted octanol–water partition coefficient (Wildman–Crippen LogP) is 4.51. The summed E-state index contributed by atoms with van der Waals surface area (Å²) in [6.07, 6.45) is -0.976. The molecule has 2 amide bonds. The summed E-state index contributed by atoms with van der Waals surface area (Å²) in [5.41, 5.74) is 0.294. The average molecular weight is 412 g/mol. The Balaban J connectivity index is 1.22. The van der Waals surface area contributed by atoms with Gasteiger partial charge in [-0.2, -0.15) is 13.2 Å². The van der Waals surface area contributed by atoms with Crippen LogP contribution in [-0.2, 0) is 6.18 Å². The maximum atomic E-state index is 13.3. The van der Waals surface area contributed by atoms with E-state index in [0.29, 0.717) is 18.8 Å². The fourth-order valence-corrected chi connectivity index (χ4v) is 4.47. The van der Waals surface area contributed by atoms with Crippen molar-refractivity contribution in [1.82, 2.24) is 10.3 Å². The standard InChI is InChI=1S/C22H19F3N4O/c23-22(24,25)17-5-1-2-7-19(17)29-11-15-16(12-29)20(15)28-21(30)27-18-6-3-4-13-10-26-9-8-14(13)18/h1-10,15-16,20H,11-12H2,(H2,27,28,30). The number of aromatic nitrogens is 1. The lowest BCUT2D eigenvalue weighted by molar-refractivity contribution is -0.137. The number of hydrogen-bond donors (Lipinski definition) is 2. The van der Waals surface area contributed by atoms with Crippen LogP contribution in [0.1, 0.15) is 5.56 Å². The summed E-state index contributed by atoms with van der Waals surface area (Å²) < 4.78 is 39.8. The van der Waals surface area contributed by atoms with Gasteiger partial charge < -0.3 is 15.5 Å². The zero-order chi connectivity index (χ0) is 20.9. The van der Waals surface area contributed by atoms with Crippen LogP contribution in [0.3, 0.4) is 0 Å². The van der Waals surface area contributed by atoms with Gasteiger partial charge in [0.1, 0.15) is 0 Å². The van der Waals surface area contributed by atoms with Crippen LogP contribution in [-0.4, -0.2) is 30.1 Å². The molecule has 1 aliphatic carbocycles. The van der Waals surface area contributed by atoms with Gasteiger partial charge in [-0.3, -0.25) is 4.98 Å². The van der Waals surface area contributed by atoms with Crippen LogP contribution in [0, 0.1) is 11.8 Å². The van der Waals surface area contributed by atoms with Gasteiger partial charge in [0.2, 0.25) is 0 Å². The summed E-state index contributed by atoms with van der Waals surface area (Å²) in [5.74, 6) is 0.322. The number of halogens is 3. The number of pyridine rings is 1. The largest absolute Gasteiger partial charge is 0.418 e. The highest BCUT2D eigenvalue weighted by Gasteiger charge is 2.57. The fourth-order valence-electron chi connectivity index (χ4n) is 4.47. The van der Waals surface area contributed by atoms with E-state index in [1.54, 1.807) is 23.4 Å². The maximum Gasteiger partial charge on any atom is 0.418 e. The van der Waals surface area contributed by atoms with Crippen LogP contribution < -0.4 is 15.5 Å². The molecule has 2 atom stereocenters. The fraction of sp³-hybridized carbons (Fsp3) is 0.273. The first kappa shape index (κ1) is 18.7.